The van der Waals surface area contributed by atoms with Crippen molar-refractivity contribution in [3.05, 3.63) is 16.3 Å². The largest absolute Gasteiger partial charge is 0.244 e. The number of hydrogen-bond acceptors (Lipinski definition) is 3. The zero-order chi connectivity index (χ0) is 13.2. The highest BCUT2D eigenvalue weighted by molar-refractivity contribution is 7.89. The predicted octanol–water partition coefficient (Wildman–Crippen LogP) is 3.30. The van der Waals surface area contributed by atoms with Gasteiger partial charge in [0.05, 0.1) is 10.8 Å². The van der Waals surface area contributed by atoms with Gasteiger partial charge in [0, 0.05) is 18.0 Å². The summed E-state index contributed by atoms with van der Waals surface area (Å²) in [6.45, 7) is 3.44. The van der Waals surface area contributed by atoms with Crippen LogP contribution >= 0.6 is 22.9 Å². The first-order valence-corrected chi connectivity index (χ1v) is 9.03. The highest BCUT2D eigenvalue weighted by Crippen LogP contribution is 2.28. The van der Waals surface area contributed by atoms with Crippen LogP contribution in [0.15, 0.2) is 16.3 Å². The number of nitrogens with zero attached hydrogens (tertiary/aromatic N) is 1. The molecule has 1 aromatic heterocycles. The van der Waals surface area contributed by atoms with E-state index in [-0.39, 0.29) is 5.88 Å². The monoisotopic (exact) mass is 307 g/mol. The van der Waals surface area contributed by atoms with E-state index < -0.39 is 10.0 Å². The summed E-state index contributed by atoms with van der Waals surface area (Å²) < 4.78 is 26.7. The molecular weight excluding hydrogens is 290 g/mol. The van der Waals surface area contributed by atoms with E-state index in [0.29, 0.717) is 23.9 Å². The summed E-state index contributed by atoms with van der Waals surface area (Å²) >= 11 is 7.21. The van der Waals surface area contributed by atoms with Gasteiger partial charge >= 0.3 is 0 Å². The normalized spacial score (nSPS) is 22.9. The van der Waals surface area contributed by atoms with Crippen molar-refractivity contribution < 1.29 is 8.42 Å². The molecule has 1 saturated heterocycles. The fourth-order valence-electron chi connectivity index (χ4n) is 2.27. The Hall–Kier alpha value is -0.100. The fraction of sp³-hybridized carbons (Fsp3) is 0.667. The van der Waals surface area contributed by atoms with Crippen molar-refractivity contribution in [2.75, 3.05) is 13.1 Å². The minimum absolute atomic E-state index is 0.260. The van der Waals surface area contributed by atoms with Crippen LogP contribution in [-0.2, 0) is 15.9 Å². The molecule has 0 saturated carbocycles. The molecule has 18 heavy (non-hydrogen) atoms. The molecule has 1 aliphatic heterocycles. The maximum absolute atomic E-state index is 12.6. The first-order valence-electron chi connectivity index (χ1n) is 6.18. The molecule has 0 aliphatic carbocycles. The molecule has 1 aliphatic rings. The van der Waals surface area contributed by atoms with Crippen molar-refractivity contribution in [2.45, 2.75) is 37.0 Å². The lowest BCUT2D eigenvalue weighted by molar-refractivity contribution is 0.416. The van der Waals surface area contributed by atoms with Crippen molar-refractivity contribution >= 4 is 33.0 Å². The van der Waals surface area contributed by atoms with Crippen molar-refractivity contribution in [1.82, 2.24) is 4.31 Å². The Kier molecular flexibility index (Phi) is 4.69. The fourth-order valence-corrected chi connectivity index (χ4v) is 5.44. The summed E-state index contributed by atoms with van der Waals surface area (Å²) in [7, 11) is -3.35. The van der Waals surface area contributed by atoms with Crippen LogP contribution in [-0.4, -0.2) is 25.8 Å². The van der Waals surface area contributed by atoms with E-state index in [1.54, 1.807) is 15.8 Å². The van der Waals surface area contributed by atoms with Gasteiger partial charge in [-0.1, -0.05) is 6.92 Å². The lowest BCUT2D eigenvalue weighted by Gasteiger charge is -2.20. The van der Waals surface area contributed by atoms with Gasteiger partial charge in [0.1, 0.15) is 0 Å². The molecule has 0 aromatic carbocycles. The van der Waals surface area contributed by atoms with Gasteiger partial charge in [0.2, 0.25) is 10.0 Å². The van der Waals surface area contributed by atoms with Gasteiger partial charge in [-0.15, -0.1) is 22.9 Å². The van der Waals surface area contributed by atoms with Crippen LogP contribution in [0.4, 0.5) is 0 Å². The molecular formula is C12H18ClNO2S2. The van der Waals surface area contributed by atoms with Crippen LogP contribution in [0.5, 0.6) is 0 Å². The Morgan fingerprint density at radius 1 is 1.44 bits per heavy atom. The summed E-state index contributed by atoms with van der Waals surface area (Å²) in [6, 6.07) is 1.67. The molecule has 0 radical (unpaired) electrons. The van der Waals surface area contributed by atoms with E-state index in [2.05, 4.69) is 6.92 Å². The van der Waals surface area contributed by atoms with Crippen molar-refractivity contribution in [2.24, 2.45) is 5.92 Å². The first kappa shape index (κ1) is 14.3. The van der Waals surface area contributed by atoms with E-state index in [1.165, 1.54) is 11.3 Å². The zero-order valence-electron chi connectivity index (χ0n) is 10.4. The minimum atomic E-state index is -3.35. The van der Waals surface area contributed by atoms with E-state index in [9.17, 15) is 8.42 Å². The lowest BCUT2D eigenvalue weighted by Crippen LogP contribution is -2.32. The molecule has 0 amide bonds. The molecule has 0 bridgehead atoms. The van der Waals surface area contributed by atoms with Crippen molar-refractivity contribution in [3.63, 3.8) is 0 Å². The van der Waals surface area contributed by atoms with Gasteiger partial charge in [-0.2, -0.15) is 4.31 Å². The second-order valence-corrected chi connectivity index (χ2v) is 7.96. The Morgan fingerprint density at radius 3 is 2.94 bits per heavy atom. The van der Waals surface area contributed by atoms with Gasteiger partial charge in [-0.05, 0) is 36.6 Å². The van der Waals surface area contributed by atoms with E-state index >= 15 is 0 Å². The molecule has 2 rings (SSSR count). The Morgan fingerprint density at radius 2 is 2.22 bits per heavy atom. The second kappa shape index (κ2) is 5.90. The van der Waals surface area contributed by atoms with E-state index in [1.807, 2.05) is 0 Å². The molecule has 102 valence electrons. The summed E-state index contributed by atoms with van der Waals surface area (Å²) in [4.78, 5) is 1.14. The van der Waals surface area contributed by atoms with E-state index in [0.717, 1.165) is 24.1 Å². The second-order valence-electron chi connectivity index (χ2n) is 4.78. The highest BCUT2D eigenvalue weighted by Gasteiger charge is 2.28. The molecule has 1 fully saturated rings. The zero-order valence-corrected chi connectivity index (χ0v) is 12.8. The highest BCUT2D eigenvalue weighted by atomic mass is 35.5. The number of halogens is 1. The predicted molar refractivity (Wildman–Crippen MR) is 75.6 cm³/mol. The molecule has 3 nitrogen and oxygen atoms in total. The molecule has 2 heterocycles. The number of thiophene rings is 1. The molecule has 6 heteroatoms. The van der Waals surface area contributed by atoms with Crippen LogP contribution in [0.3, 0.4) is 0 Å². The molecule has 0 spiro atoms. The van der Waals surface area contributed by atoms with E-state index in [4.69, 9.17) is 11.6 Å². The average Bonchev–Trinajstić information content (AvgIpc) is 2.72. The maximum Gasteiger partial charge on any atom is 0.244 e. The van der Waals surface area contributed by atoms with Crippen molar-refractivity contribution in [3.8, 4) is 0 Å². The van der Waals surface area contributed by atoms with Crippen molar-refractivity contribution in [1.29, 1.82) is 0 Å². The number of sulfonamides is 1. The topological polar surface area (TPSA) is 37.4 Å². The number of rotatable bonds is 3. The van der Waals surface area contributed by atoms with Gasteiger partial charge < -0.3 is 0 Å². The summed E-state index contributed by atoms with van der Waals surface area (Å²) in [5, 5.41) is 1.80. The smallest absolute Gasteiger partial charge is 0.207 e. The van der Waals surface area contributed by atoms with Gasteiger partial charge in [-0.25, -0.2) is 8.42 Å². The summed E-state index contributed by atoms with van der Waals surface area (Å²) in [5.74, 6) is 0.872. The van der Waals surface area contributed by atoms with Crippen LogP contribution in [0.1, 0.15) is 31.1 Å². The molecule has 1 aromatic rings. The lowest BCUT2D eigenvalue weighted by atomic mass is 10.0. The van der Waals surface area contributed by atoms with Gasteiger partial charge in [-0.3, -0.25) is 0 Å². The Balaban J connectivity index is 2.25. The molecule has 1 atom stereocenters. The third-order valence-corrected chi connectivity index (χ3v) is 6.88. The maximum atomic E-state index is 12.6. The summed E-state index contributed by atoms with van der Waals surface area (Å²) in [5.41, 5.74) is 0. The van der Waals surface area contributed by atoms with Crippen LogP contribution in [0.2, 0.25) is 0 Å². The Bertz CT molecular complexity index is 498. The standard InChI is InChI=1S/C12H18ClNO2S2/c1-10-3-2-6-14(7-4-10)18(15,16)12-5-8-17-11(12)9-13/h5,8,10H,2-4,6-7,9H2,1H3. The third kappa shape index (κ3) is 2.90. The summed E-state index contributed by atoms with van der Waals surface area (Å²) in [6.07, 6.45) is 3.00. The first-order chi connectivity index (χ1) is 8.55. The van der Waals surface area contributed by atoms with Crippen LogP contribution in [0.25, 0.3) is 0 Å². The van der Waals surface area contributed by atoms with Gasteiger partial charge in [0.25, 0.3) is 0 Å². The quantitative estimate of drug-likeness (QED) is 0.804. The average molecular weight is 308 g/mol. The SMILES string of the molecule is CC1CCCN(S(=O)(=O)c2ccsc2CCl)CC1. The molecule has 0 N–H and O–H groups in total. The Labute approximate surface area is 118 Å². The number of hydrogen-bond donors (Lipinski definition) is 0. The van der Waals surface area contributed by atoms with Gasteiger partial charge in [0.15, 0.2) is 0 Å². The number of alkyl halides is 1. The third-order valence-electron chi connectivity index (χ3n) is 3.42. The minimum Gasteiger partial charge on any atom is -0.207 e. The van der Waals surface area contributed by atoms with Crippen LogP contribution < -0.4 is 0 Å². The van der Waals surface area contributed by atoms with Crippen LogP contribution in [0, 0.1) is 5.92 Å². The molecule has 1 unspecified atom stereocenters.